The lowest BCUT2D eigenvalue weighted by Gasteiger charge is -2.24. The van der Waals surface area contributed by atoms with Gasteiger partial charge in [-0.3, -0.25) is 4.79 Å². The number of carbonyl (C=O) groups excluding carboxylic acids is 1. The molecule has 0 radical (unpaired) electrons. The van der Waals surface area contributed by atoms with Crippen LogP contribution in [0.3, 0.4) is 0 Å². The summed E-state index contributed by atoms with van der Waals surface area (Å²) in [6, 6.07) is 9.39. The zero-order chi connectivity index (χ0) is 14.2. The van der Waals surface area contributed by atoms with Crippen molar-refractivity contribution in [3.05, 3.63) is 47.9 Å². The van der Waals surface area contributed by atoms with Crippen molar-refractivity contribution in [3.8, 4) is 11.5 Å². The fraction of sp³-hybridized carbons (Fsp3) is 0.312. The number of benzene rings is 1. The molecular weight excluding hydrogens is 270 g/mol. The van der Waals surface area contributed by atoms with Crippen molar-refractivity contribution in [2.75, 3.05) is 13.3 Å². The van der Waals surface area contributed by atoms with Crippen LogP contribution in [-0.2, 0) is 0 Å². The minimum absolute atomic E-state index is 0.0554. The van der Waals surface area contributed by atoms with Crippen LogP contribution in [0, 0.1) is 0 Å². The number of ether oxygens (including phenoxy) is 2. The molecule has 5 nitrogen and oxygen atoms in total. The first kappa shape index (κ1) is 12.3. The van der Waals surface area contributed by atoms with E-state index in [1.807, 2.05) is 23.1 Å². The molecule has 108 valence electrons. The van der Waals surface area contributed by atoms with Crippen LogP contribution in [0.4, 0.5) is 0 Å². The van der Waals surface area contributed by atoms with Gasteiger partial charge in [0.05, 0.1) is 12.3 Å². The minimum atomic E-state index is -0.0554. The molecule has 3 heterocycles. The summed E-state index contributed by atoms with van der Waals surface area (Å²) in [6.07, 6.45) is 3.47. The fourth-order valence-electron chi connectivity index (χ4n) is 3.02. The van der Waals surface area contributed by atoms with Crippen LogP contribution in [0.25, 0.3) is 0 Å². The fourth-order valence-corrected chi connectivity index (χ4v) is 3.02. The lowest BCUT2D eigenvalue weighted by Crippen LogP contribution is -2.30. The van der Waals surface area contributed by atoms with E-state index >= 15 is 0 Å². The van der Waals surface area contributed by atoms with Gasteiger partial charge >= 0.3 is 0 Å². The highest BCUT2D eigenvalue weighted by atomic mass is 16.7. The summed E-state index contributed by atoms with van der Waals surface area (Å²) in [7, 11) is 0. The molecular formula is C16H15NO4. The van der Waals surface area contributed by atoms with Crippen LogP contribution >= 0.6 is 0 Å². The van der Waals surface area contributed by atoms with E-state index in [9.17, 15) is 4.79 Å². The Morgan fingerprint density at radius 3 is 2.95 bits per heavy atom. The van der Waals surface area contributed by atoms with Crippen molar-refractivity contribution in [3.63, 3.8) is 0 Å². The standard InChI is InChI=1S/C16H15NO4/c18-16(14-4-2-8-19-14)17-7-1-3-12(17)11-5-6-13-15(9-11)21-10-20-13/h2,4-6,8-9,12H,1,3,7,10H2. The molecule has 1 amide bonds. The molecule has 1 saturated heterocycles. The van der Waals surface area contributed by atoms with Crippen molar-refractivity contribution in [2.45, 2.75) is 18.9 Å². The van der Waals surface area contributed by atoms with Crippen molar-refractivity contribution in [1.82, 2.24) is 4.90 Å². The van der Waals surface area contributed by atoms with E-state index in [0.29, 0.717) is 5.76 Å². The molecule has 0 saturated carbocycles. The van der Waals surface area contributed by atoms with Gasteiger partial charge in [-0.1, -0.05) is 6.07 Å². The van der Waals surface area contributed by atoms with Gasteiger partial charge in [0.2, 0.25) is 6.79 Å². The predicted octanol–water partition coefficient (Wildman–Crippen LogP) is 2.99. The van der Waals surface area contributed by atoms with E-state index in [1.54, 1.807) is 12.1 Å². The van der Waals surface area contributed by atoms with E-state index in [-0.39, 0.29) is 18.7 Å². The summed E-state index contributed by atoms with van der Waals surface area (Å²) >= 11 is 0. The van der Waals surface area contributed by atoms with Gasteiger partial charge in [0.25, 0.3) is 5.91 Å². The van der Waals surface area contributed by atoms with E-state index in [0.717, 1.165) is 36.4 Å². The number of hydrogen-bond acceptors (Lipinski definition) is 4. The van der Waals surface area contributed by atoms with Gasteiger partial charge in [0.1, 0.15) is 0 Å². The maximum atomic E-state index is 12.5. The quantitative estimate of drug-likeness (QED) is 0.851. The molecule has 1 atom stereocenters. The zero-order valence-corrected chi connectivity index (χ0v) is 11.5. The Morgan fingerprint density at radius 2 is 2.10 bits per heavy atom. The Balaban J connectivity index is 1.63. The van der Waals surface area contributed by atoms with Crippen molar-refractivity contribution in [1.29, 1.82) is 0 Å². The van der Waals surface area contributed by atoms with Crippen LogP contribution < -0.4 is 9.47 Å². The van der Waals surface area contributed by atoms with Gasteiger partial charge < -0.3 is 18.8 Å². The Labute approximate surface area is 122 Å². The largest absolute Gasteiger partial charge is 0.459 e. The van der Waals surface area contributed by atoms with Crippen molar-refractivity contribution >= 4 is 5.91 Å². The third-order valence-corrected chi connectivity index (χ3v) is 4.03. The third kappa shape index (κ3) is 2.05. The third-order valence-electron chi connectivity index (χ3n) is 4.03. The van der Waals surface area contributed by atoms with E-state index in [2.05, 4.69) is 0 Å². The molecule has 2 aliphatic rings. The highest BCUT2D eigenvalue weighted by molar-refractivity contribution is 5.92. The molecule has 2 aromatic rings. The Hall–Kier alpha value is -2.43. The van der Waals surface area contributed by atoms with E-state index < -0.39 is 0 Å². The molecule has 0 aliphatic carbocycles. The zero-order valence-electron chi connectivity index (χ0n) is 11.5. The van der Waals surface area contributed by atoms with E-state index in [4.69, 9.17) is 13.9 Å². The monoisotopic (exact) mass is 285 g/mol. The molecule has 2 aliphatic heterocycles. The summed E-state index contributed by atoms with van der Waals surface area (Å²) in [5.74, 6) is 1.85. The Kier molecular flexibility index (Phi) is 2.84. The topological polar surface area (TPSA) is 51.9 Å². The molecule has 1 aromatic heterocycles. The first-order chi connectivity index (χ1) is 10.3. The maximum absolute atomic E-state index is 12.5. The summed E-state index contributed by atoms with van der Waals surface area (Å²) in [5, 5.41) is 0. The van der Waals surface area contributed by atoms with Gasteiger partial charge in [-0.2, -0.15) is 0 Å². The lowest BCUT2D eigenvalue weighted by molar-refractivity contribution is 0.0703. The molecule has 1 fully saturated rings. The average molecular weight is 285 g/mol. The number of rotatable bonds is 2. The second kappa shape index (κ2) is 4.84. The molecule has 5 heteroatoms. The maximum Gasteiger partial charge on any atom is 0.290 e. The Morgan fingerprint density at radius 1 is 1.19 bits per heavy atom. The number of nitrogens with zero attached hydrogens (tertiary/aromatic N) is 1. The molecule has 1 unspecified atom stereocenters. The molecule has 0 bridgehead atoms. The second-order valence-corrected chi connectivity index (χ2v) is 5.25. The smallest absolute Gasteiger partial charge is 0.290 e. The number of hydrogen-bond donors (Lipinski definition) is 0. The van der Waals surface area contributed by atoms with Crippen LogP contribution in [0.1, 0.15) is 35.0 Å². The molecule has 1 aromatic carbocycles. The van der Waals surface area contributed by atoms with Crippen molar-refractivity contribution in [2.24, 2.45) is 0 Å². The first-order valence-electron chi connectivity index (χ1n) is 7.07. The van der Waals surface area contributed by atoms with Crippen LogP contribution in [-0.4, -0.2) is 24.1 Å². The normalized spacial score (nSPS) is 20.0. The average Bonchev–Trinajstić information content (AvgIpc) is 3.24. The number of fused-ring (bicyclic) bond motifs is 1. The van der Waals surface area contributed by atoms with Crippen molar-refractivity contribution < 1.29 is 18.7 Å². The molecule has 21 heavy (non-hydrogen) atoms. The number of amides is 1. The summed E-state index contributed by atoms with van der Waals surface area (Å²) < 4.78 is 16.0. The summed E-state index contributed by atoms with van der Waals surface area (Å²) in [4.78, 5) is 14.4. The van der Waals surface area contributed by atoms with Crippen LogP contribution in [0.5, 0.6) is 11.5 Å². The van der Waals surface area contributed by atoms with Crippen LogP contribution in [0.15, 0.2) is 41.0 Å². The summed E-state index contributed by atoms with van der Waals surface area (Å²) in [6.45, 7) is 1.01. The van der Waals surface area contributed by atoms with Gasteiger partial charge in [0.15, 0.2) is 17.3 Å². The number of likely N-dealkylation sites (tertiary alicyclic amines) is 1. The highest BCUT2D eigenvalue weighted by Gasteiger charge is 2.32. The Bertz CT molecular complexity index is 665. The van der Waals surface area contributed by atoms with Gasteiger partial charge in [-0.15, -0.1) is 0 Å². The van der Waals surface area contributed by atoms with Crippen LogP contribution in [0.2, 0.25) is 0 Å². The highest BCUT2D eigenvalue weighted by Crippen LogP contribution is 2.39. The van der Waals surface area contributed by atoms with E-state index in [1.165, 1.54) is 6.26 Å². The SMILES string of the molecule is O=C(c1ccco1)N1CCCC1c1ccc2c(c1)OCO2. The number of carbonyl (C=O) groups is 1. The first-order valence-corrected chi connectivity index (χ1v) is 7.07. The van der Waals surface area contributed by atoms with Gasteiger partial charge in [-0.25, -0.2) is 0 Å². The molecule has 4 rings (SSSR count). The summed E-state index contributed by atoms with van der Waals surface area (Å²) in [5.41, 5.74) is 1.08. The molecule has 0 spiro atoms. The predicted molar refractivity (Wildman–Crippen MR) is 74.3 cm³/mol. The van der Waals surface area contributed by atoms with Gasteiger partial charge in [0, 0.05) is 6.54 Å². The minimum Gasteiger partial charge on any atom is -0.459 e. The van der Waals surface area contributed by atoms with Gasteiger partial charge in [-0.05, 0) is 42.7 Å². The second-order valence-electron chi connectivity index (χ2n) is 5.25. The number of furan rings is 1. The lowest BCUT2D eigenvalue weighted by atomic mass is 10.0. The molecule has 0 N–H and O–H groups in total.